The number of benzene rings is 2. The summed E-state index contributed by atoms with van der Waals surface area (Å²) in [6.07, 6.45) is 8.44. The monoisotopic (exact) mass is 349 g/mol. The van der Waals surface area contributed by atoms with Crippen molar-refractivity contribution in [3.05, 3.63) is 59.7 Å². The number of alkyl halides is 1. The second-order valence-corrected chi connectivity index (χ2v) is 7.67. The molecule has 1 nitrogen and oxygen atoms in total. The van der Waals surface area contributed by atoms with Crippen molar-refractivity contribution in [3.63, 3.8) is 0 Å². The average molecular weight is 349 g/mol. The highest BCUT2D eigenvalue weighted by molar-refractivity contribution is 5.64. The first-order valence-electron chi connectivity index (χ1n) is 9.94. The number of hydrogen-bond acceptors (Lipinski definition) is 1. The zero-order valence-electron chi connectivity index (χ0n) is 15.7. The highest BCUT2D eigenvalue weighted by Crippen LogP contribution is 2.44. The first-order valence-corrected chi connectivity index (χ1v) is 9.94. The number of unbranched alkanes of at least 4 members (excludes halogenated alkanes) is 2. The molecule has 1 aliphatic carbocycles. The third-order valence-electron chi connectivity index (χ3n) is 5.86. The maximum atomic E-state index is 15.5. The lowest BCUT2D eigenvalue weighted by atomic mass is 9.75. The fraction of sp³-hybridized carbons (Fsp3) is 0.458. The lowest BCUT2D eigenvalue weighted by Crippen LogP contribution is -2.27. The van der Waals surface area contributed by atoms with Gasteiger partial charge in [0.1, 0.15) is 5.67 Å². The zero-order chi connectivity index (χ0) is 18.4. The van der Waals surface area contributed by atoms with Gasteiger partial charge in [0.05, 0.1) is 11.6 Å². The molecule has 0 aliphatic heterocycles. The lowest BCUT2D eigenvalue weighted by molar-refractivity contribution is 0.0788. The van der Waals surface area contributed by atoms with Crippen molar-refractivity contribution < 1.29 is 4.39 Å². The van der Waals surface area contributed by atoms with Gasteiger partial charge in [-0.1, -0.05) is 69.0 Å². The van der Waals surface area contributed by atoms with Gasteiger partial charge >= 0.3 is 0 Å². The predicted octanol–water partition coefficient (Wildman–Crippen LogP) is 7.16. The molecule has 0 aromatic heterocycles. The number of hydrogen-bond donors (Lipinski definition) is 0. The van der Waals surface area contributed by atoms with Crippen LogP contribution in [0.1, 0.15) is 69.4 Å². The molecule has 136 valence electrons. The van der Waals surface area contributed by atoms with Crippen LogP contribution in [0.5, 0.6) is 0 Å². The summed E-state index contributed by atoms with van der Waals surface area (Å²) in [6, 6.07) is 17.6. The molecule has 0 atom stereocenters. The Kier molecular flexibility index (Phi) is 6.09. The Morgan fingerprint density at radius 1 is 0.962 bits per heavy atom. The third-order valence-corrected chi connectivity index (χ3v) is 5.86. The summed E-state index contributed by atoms with van der Waals surface area (Å²) in [5, 5.41) is 8.90. The van der Waals surface area contributed by atoms with Gasteiger partial charge in [0.2, 0.25) is 0 Å². The van der Waals surface area contributed by atoms with E-state index in [1.54, 1.807) is 0 Å². The van der Waals surface area contributed by atoms with E-state index in [2.05, 4.69) is 13.0 Å². The van der Waals surface area contributed by atoms with Crippen molar-refractivity contribution in [3.8, 4) is 17.2 Å². The van der Waals surface area contributed by atoms with Crippen molar-refractivity contribution in [2.45, 2.75) is 64.0 Å². The molecule has 0 bridgehead atoms. The van der Waals surface area contributed by atoms with E-state index in [1.165, 1.54) is 25.7 Å². The molecule has 2 aromatic rings. The minimum atomic E-state index is -1.16. The Morgan fingerprint density at radius 3 is 2.08 bits per heavy atom. The van der Waals surface area contributed by atoms with Gasteiger partial charge in [0.25, 0.3) is 0 Å². The molecular weight excluding hydrogens is 321 g/mol. The first kappa shape index (κ1) is 18.6. The second kappa shape index (κ2) is 8.49. The fourth-order valence-corrected chi connectivity index (χ4v) is 4.09. The summed E-state index contributed by atoms with van der Waals surface area (Å²) in [5.74, 6) is 0.711. The Bertz CT molecular complexity index is 731. The van der Waals surface area contributed by atoms with E-state index in [1.807, 2.05) is 48.5 Å². The molecule has 0 spiro atoms. The number of halogens is 1. The molecule has 26 heavy (non-hydrogen) atoms. The van der Waals surface area contributed by atoms with Crippen LogP contribution in [0, 0.1) is 17.2 Å². The molecule has 1 saturated carbocycles. The maximum absolute atomic E-state index is 15.5. The molecule has 1 aliphatic rings. The Labute approximate surface area is 156 Å². The Balaban J connectivity index is 1.64. The van der Waals surface area contributed by atoms with Crippen LogP contribution in [0.25, 0.3) is 11.1 Å². The Hall–Kier alpha value is -2.14. The lowest BCUT2D eigenvalue weighted by Gasteiger charge is -2.34. The molecule has 0 saturated heterocycles. The van der Waals surface area contributed by atoms with Gasteiger partial charge in [-0.25, -0.2) is 4.39 Å². The van der Waals surface area contributed by atoms with Crippen molar-refractivity contribution in [1.29, 1.82) is 5.26 Å². The second-order valence-electron chi connectivity index (χ2n) is 7.67. The van der Waals surface area contributed by atoms with Gasteiger partial charge < -0.3 is 0 Å². The van der Waals surface area contributed by atoms with Crippen molar-refractivity contribution in [2.24, 2.45) is 5.92 Å². The van der Waals surface area contributed by atoms with Crippen LogP contribution in [0.3, 0.4) is 0 Å². The highest BCUT2D eigenvalue weighted by Gasteiger charge is 2.36. The summed E-state index contributed by atoms with van der Waals surface area (Å²) in [5.41, 5.74) is 2.44. The van der Waals surface area contributed by atoms with Gasteiger partial charge in [0, 0.05) is 0 Å². The van der Waals surface area contributed by atoms with Gasteiger partial charge in [-0.05, 0) is 60.4 Å². The van der Waals surface area contributed by atoms with E-state index in [9.17, 15) is 0 Å². The van der Waals surface area contributed by atoms with Crippen molar-refractivity contribution in [1.82, 2.24) is 0 Å². The van der Waals surface area contributed by atoms with Crippen LogP contribution >= 0.6 is 0 Å². The van der Waals surface area contributed by atoms with Crippen LogP contribution < -0.4 is 0 Å². The van der Waals surface area contributed by atoms with Gasteiger partial charge in [0.15, 0.2) is 0 Å². The smallest absolute Gasteiger partial charge is 0.136 e. The quantitative estimate of drug-likeness (QED) is 0.507. The van der Waals surface area contributed by atoms with E-state index in [4.69, 9.17) is 5.26 Å². The van der Waals surface area contributed by atoms with Crippen LogP contribution in [0.2, 0.25) is 0 Å². The van der Waals surface area contributed by atoms with Crippen molar-refractivity contribution >= 4 is 0 Å². The molecule has 1 fully saturated rings. The fourth-order valence-electron chi connectivity index (χ4n) is 4.09. The molecule has 0 unspecified atom stereocenters. The summed E-state index contributed by atoms with van der Waals surface area (Å²) in [6.45, 7) is 2.23. The van der Waals surface area contributed by atoms with E-state index < -0.39 is 5.67 Å². The van der Waals surface area contributed by atoms with Gasteiger partial charge in [-0.2, -0.15) is 5.26 Å². The predicted molar refractivity (Wildman–Crippen MR) is 105 cm³/mol. The summed E-state index contributed by atoms with van der Waals surface area (Å²) < 4.78 is 15.5. The third kappa shape index (κ3) is 4.33. The van der Waals surface area contributed by atoms with Crippen LogP contribution in [-0.4, -0.2) is 0 Å². The number of nitrogens with zero attached hydrogens (tertiary/aromatic N) is 1. The summed E-state index contributed by atoms with van der Waals surface area (Å²) in [7, 11) is 0. The number of rotatable bonds is 6. The molecule has 2 aromatic carbocycles. The molecule has 2 heteroatoms. The normalized spacial score (nSPS) is 22.7. The molecule has 0 amide bonds. The van der Waals surface area contributed by atoms with Crippen LogP contribution in [0.15, 0.2) is 48.5 Å². The highest BCUT2D eigenvalue weighted by atomic mass is 19.1. The topological polar surface area (TPSA) is 23.8 Å². The van der Waals surface area contributed by atoms with Gasteiger partial charge in [-0.3, -0.25) is 0 Å². The van der Waals surface area contributed by atoms with Crippen LogP contribution in [-0.2, 0) is 5.67 Å². The summed E-state index contributed by atoms with van der Waals surface area (Å²) in [4.78, 5) is 0. The van der Waals surface area contributed by atoms with Crippen LogP contribution in [0.4, 0.5) is 4.39 Å². The average Bonchev–Trinajstić information content (AvgIpc) is 2.70. The minimum Gasteiger partial charge on any atom is -0.239 e. The van der Waals surface area contributed by atoms with E-state index in [0.717, 1.165) is 29.5 Å². The first-order chi connectivity index (χ1) is 12.6. The zero-order valence-corrected chi connectivity index (χ0v) is 15.7. The van der Waals surface area contributed by atoms with E-state index >= 15 is 4.39 Å². The Morgan fingerprint density at radius 2 is 1.54 bits per heavy atom. The maximum Gasteiger partial charge on any atom is 0.136 e. The largest absolute Gasteiger partial charge is 0.239 e. The molecular formula is C24H28FN. The SMILES string of the molecule is CCCCCC1CCC(F)(c2ccc(-c3ccc(C#N)cc3)cc2)CC1. The standard InChI is InChI=1S/C24H28FN/c1-2-3-4-5-19-14-16-24(25,17-15-19)23-12-10-22(11-13-23)21-8-6-20(18-26)7-9-21/h6-13,19H,2-5,14-17H2,1H3. The van der Waals surface area contributed by atoms with E-state index in [0.29, 0.717) is 24.3 Å². The van der Waals surface area contributed by atoms with Gasteiger partial charge in [-0.15, -0.1) is 0 Å². The van der Waals surface area contributed by atoms with Crippen molar-refractivity contribution in [2.75, 3.05) is 0 Å². The van der Waals surface area contributed by atoms with E-state index in [-0.39, 0.29) is 0 Å². The summed E-state index contributed by atoms with van der Waals surface area (Å²) >= 11 is 0. The minimum absolute atomic E-state index is 0.653. The molecule has 0 radical (unpaired) electrons. The molecule has 0 N–H and O–H groups in total. The molecule has 3 rings (SSSR count). The number of nitriles is 1. The molecule has 0 heterocycles.